The predicted molar refractivity (Wildman–Crippen MR) is 239 cm³/mol. The van der Waals surface area contributed by atoms with E-state index in [-0.39, 0.29) is 5.41 Å². The second kappa shape index (κ2) is 30.8. The summed E-state index contributed by atoms with van der Waals surface area (Å²) in [5.74, 6) is 1.70. The van der Waals surface area contributed by atoms with E-state index in [2.05, 4.69) is 98.4 Å². The highest BCUT2D eigenvalue weighted by Gasteiger charge is 2.39. The van der Waals surface area contributed by atoms with Gasteiger partial charge in [-0.25, -0.2) is 4.98 Å². The highest BCUT2D eigenvalue weighted by atomic mass is 15.1. The SMILES string of the molecule is CCCCCCCCCCCCCCCCCCCC(c1nccn1CCCCCCCCCCCCCC)C(C)(Cc1ccccc1)c1ccccc1. The zero-order valence-corrected chi connectivity index (χ0v) is 36.0. The molecule has 0 spiro atoms. The summed E-state index contributed by atoms with van der Waals surface area (Å²) in [6, 6.07) is 22.6. The van der Waals surface area contributed by atoms with Crippen LogP contribution in [-0.2, 0) is 18.4 Å². The van der Waals surface area contributed by atoms with Crippen molar-refractivity contribution in [2.24, 2.45) is 0 Å². The third-order valence-corrected chi connectivity index (χ3v) is 12.5. The van der Waals surface area contributed by atoms with Crippen molar-refractivity contribution < 1.29 is 0 Å². The normalized spacial score (nSPS) is 13.3. The molecule has 0 saturated heterocycles. The largest absolute Gasteiger partial charge is 0.335 e. The standard InChI is InChI=1S/C52H86N2/c1-4-6-8-10-12-14-16-18-19-20-21-22-23-25-27-29-37-43-50(52(3,49-41-35-32-36-42-49)47-48-39-33-31-34-40-48)51-53-44-46-54(51)45-38-30-28-26-24-17-15-13-11-9-7-5-2/h31-36,39-42,44,46,50H,4-30,37-38,43,45,47H2,1-3H3. The van der Waals surface area contributed by atoms with Crippen LogP contribution in [0.5, 0.6) is 0 Å². The van der Waals surface area contributed by atoms with Crippen LogP contribution < -0.4 is 0 Å². The Morgan fingerprint density at radius 2 is 0.870 bits per heavy atom. The smallest absolute Gasteiger partial charge is 0.112 e. The van der Waals surface area contributed by atoms with Gasteiger partial charge in [-0.1, -0.05) is 261 Å². The lowest BCUT2D eigenvalue weighted by Gasteiger charge is -2.39. The van der Waals surface area contributed by atoms with Crippen molar-refractivity contribution in [1.82, 2.24) is 9.55 Å². The van der Waals surface area contributed by atoms with Crippen molar-refractivity contribution in [2.45, 2.75) is 238 Å². The number of unbranched alkanes of at least 4 members (excludes halogenated alkanes) is 27. The lowest BCUT2D eigenvalue weighted by atomic mass is 9.66. The van der Waals surface area contributed by atoms with E-state index in [4.69, 9.17) is 4.98 Å². The number of imidazole rings is 1. The predicted octanol–water partition coefficient (Wildman–Crippen LogP) is 16.9. The molecular formula is C52H86N2. The molecule has 2 heteroatoms. The molecule has 0 aliphatic heterocycles. The first-order valence-electron chi connectivity index (χ1n) is 23.8. The molecule has 1 heterocycles. The average Bonchev–Trinajstić information content (AvgIpc) is 3.66. The molecule has 0 aliphatic carbocycles. The molecule has 2 atom stereocenters. The molecule has 2 nitrogen and oxygen atoms in total. The van der Waals surface area contributed by atoms with Gasteiger partial charge in [0.1, 0.15) is 5.82 Å². The molecule has 3 aromatic rings. The molecule has 0 amide bonds. The second-order valence-electron chi connectivity index (χ2n) is 17.3. The van der Waals surface area contributed by atoms with E-state index in [1.165, 1.54) is 210 Å². The number of rotatable bonds is 36. The fourth-order valence-corrected chi connectivity index (χ4v) is 9.01. The maximum Gasteiger partial charge on any atom is 0.112 e. The zero-order chi connectivity index (χ0) is 38.2. The van der Waals surface area contributed by atoms with Gasteiger partial charge in [0.05, 0.1) is 0 Å². The number of hydrogen-bond acceptors (Lipinski definition) is 1. The van der Waals surface area contributed by atoms with Crippen LogP contribution in [0.3, 0.4) is 0 Å². The summed E-state index contributed by atoms with van der Waals surface area (Å²) in [5.41, 5.74) is 2.85. The van der Waals surface area contributed by atoms with Crippen molar-refractivity contribution in [3.63, 3.8) is 0 Å². The average molecular weight is 739 g/mol. The van der Waals surface area contributed by atoms with Gasteiger partial charge in [-0.2, -0.15) is 0 Å². The van der Waals surface area contributed by atoms with Gasteiger partial charge >= 0.3 is 0 Å². The molecule has 0 aliphatic rings. The number of hydrogen-bond donors (Lipinski definition) is 0. The Morgan fingerprint density at radius 1 is 0.481 bits per heavy atom. The molecule has 2 aromatic carbocycles. The van der Waals surface area contributed by atoms with Crippen LogP contribution in [0.1, 0.15) is 236 Å². The van der Waals surface area contributed by atoms with Crippen LogP contribution >= 0.6 is 0 Å². The highest BCUT2D eigenvalue weighted by molar-refractivity contribution is 5.33. The van der Waals surface area contributed by atoms with E-state index in [1.807, 2.05) is 0 Å². The second-order valence-corrected chi connectivity index (χ2v) is 17.3. The third-order valence-electron chi connectivity index (χ3n) is 12.5. The Balaban J connectivity index is 1.48. The van der Waals surface area contributed by atoms with E-state index >= 15 is 0 Å². The van der Waals surface area contributed by atoms with Gasteiger partial charge in [0.15, 0.2) is 0 Å². The maximum atomic E-state index is 5.18. The van der Waals surface area contributed by atoms with E-state index in [9.17, 15) is 0 Å². The maximum absolute atomic E-state index is 5.18. The van der Waals surface area contributed by atoms with Crippen molar-refractivity contribution in [1.29, 1.82) is 0 Å². The highest BCUT2D eigenvalue weighted by Crippen LogP contribution is 2.44. The Labute approximate surface area is 336 Å². The molecule has 2 unspecified atom stereocenters. The summed E-state index contributed by atoms with van der Waals surface area (Å²) in [7, 11) is 0. The Kier molecular flexibility index (Phi) is 26.3. The van der Waals surface area contributed by atoms with Crippen LogP contribution in [0, 0.1) is 0 Å². The van der Waals surface area contributed by atoms with Gasteiger partial charge in [-0.05, 0) is 30.4 Å². The van der Waals surface area contributed by atoms with E-state index < -0.39 is 0 Å². The molecule has 0 fully saturated rings. The topological polar surface area (TPSA) is 17.8 Å². The number of nitrogens with zero attached hydrogens (tertiary/aromatic N) is 2. The summed E-state index contributed by atoms with van der Waals surface area (Å²) < 4.78 is 2.54. The molecular weight excluding hydrogens is 653 g/mol. The van der Waals surface area contributed by atoms with E-state index in [1.54, 1.807) is 0 Å². The van der Waals surface area contributed by atoms with Crippen LogP contribution in [0.2, 0.25) is 0 Å². The molecule has 304 valence electrons. The molecule has 1 aromatic heterocycles. The van der Waals surface area contributed by atoms with Gasteiger partial charge in [0, 0.05) is 30.3 Å². The molecule has 3 rings (SSSR count). The Bertz CT molecular complexity index is 1230. The minimum absolute atomic E-state index is 0.0304. The first-order chi connectivity index (χ1) is 26.7. The minimum Gasteiger partial charge on any atom is -0.335 e. The third kappa shape index (κ3) is 19.5. The Morgan fingerprint density at radius 3 is 1.31 bits per heavy atom. The van der Waals surface area contributed by atoms with E-state index in [0.717, 1.165) is 13.0 Å². The van der Waals surface area contributed by atoms with Crippen LogP contribution in [0.25, 0.3) is 0 Å². The molecule has 0 saturated carbocycles. The molecule has 0 N–H and O–H groups in total. The van der Waals surface area contributed by atoms with E-state index in [0.29, 0.717) is 5.92 Å². The monoisotopic (exact) mass is 739 g/mol. The van der Waals surface area contributed by atoms with Crippen molar-refractivity contribution in [3.8, 4) is 0 Å². The summed E-state index contributed by atoms with van der Waals surface area (Å²) in [6.45, 7) is 8.25. The number of benzene rings is 2. The van der Waals surface area contributed by atoms with Gasteiger partial charge < -0.3 is 4.57 Å². The fourth-order valence-electron chi connectivity index (χ4n) is 9.01. The lowest BCUT2D eigenvalue weighted by Crippen LogP contribution is -2.35. The zero-order valence-electron chi connectivity index (χ0n) is 36.0. The molecule has 54 heavy (non-hydrogen) atoms. The number of aromatic nitrogens is 2. The summed E-state index contributed by atoms with van der Waals surface area (Å²) >= 11 is 0. The lowest BCUT2D eigenvalue weighted by molar-refractivity contribution is 0.321. The fraction of sp³-hybridized carbons (Fsp3) is 0.712. The van der Waals surface area contributed by atoms with Crippen molar-refractivity contribution in [3.05, 3.63) is 90.0 Å². The van der Waals surface area contributed by atoms with Crippen molar-refractivity contribution >= 4 is 0 Å². The summed E-state index contributed by atoms with van der Waals surface area (Å²) in [6.07, 6.45) is 47.4. The van der Waals surface area contributed by atoms with Crippen LogP contribution in [-0.4, -0.2) is 9.55 Å². The van der Waals surface area contributed by atoms with Crippen LogP contribution in [0.15, 0.2) is 73.1 Å². The molecule has 0 bridgehead atoms. The van der Waals surface area contributed by atoms with Crippen molar-refractivity contribution in [2.75, 3.05) is 0 Å². The van der Waals surface area contributed by atoms with Gasteiger partial charge in [0.2, 0.25) is 0 Å². The number of aryl methyl sites for hydroxylation is 1. The van der Waals surface area contributed by atoms with Gasteiger partial charge in [-0.15, -0.1) is 0 Å². The van der Waals surface area contributed by atoms with Gasteiger partial charge in [-0.3, -0.25) is 0 Å². The Hall–Kier alpha value is -2.35. The van der Waals surface area contributed by atoms with Gasteiger partial charge in [0.25, 0.3) is 0 Å². The molecule has 0 radical (unpaired) electrons. The first kappa shape index (κ1) is 46.0. The minimum atomic E-state index is -0.0304. The summed E-state index contributed by atoms with van der Waals surface area (Å²) in [4.78, 5) is 5.18. The first-order valence-corrected chi connectivity index (χ1v) is 23.8. The van der Waals surface area contributed by atoms with Crippen LogP contribution in [0.4, 0.5) is 0 Å². The quantitative estimate of drug-likeness (QED) is 0.0543. The summed E-state index contributed by atoms with van der Waals surface area (Å²) in [5, 5.41) is 0.